The minimum Gasteiger partial charge on any atom is -0.394 e. The number of carbonyl (C=O) groups is 3. The number of hydrogen-bond donors (Lipinski definition) is 11. The van der Waals surface area contributed by atoms with Crippen LogP contribution in [0.2, 0.25) is 0 Å². The lowest BCUT2D eigenvalue weighted by atomic mass is 9.60. The van der Waals surface area contributed by atoms with Gasteiger partial charge in [0.15, 0.2) is 53.0 Å². The van der Waals surface area contributed by atoms with Crippen LogP contribution in [0.1, 0.15) is 20.8 Å². The van der Waals surface area contributed by atoms with E-state index in [0.29, 0.717) is 0 Å². The molecule has 0 aliphatic carbocycles. The van der Waals surface area contributed by atoms with E-state index >= 15 is 0 Å². The Morgan fingerprint density at radius 2 is 1.23 bits per heavy atom. The zero-order valence-corrected chi connectivity index (χ0v) is 23.6. The number of ketones is 3. The van der Waals surface area contributed by atoms with Crippen molar-refractivity contribution in [2.75, 3.05) is 19.8 Å². The van der Waals surface area contributed by atoms with Crippen LogP contribution in [-0.4, -0.2) is 168 Å². The highest BCUT2D eigenvalue weighted by atomic mass is 16.7. The molecule has 3 fully saturated rings. The first-order chi connectivity index (χ1) is 19.9. The van der Waals surface area contributed by atoms with Crippen molar-refractivity contribution >= 4 is 17.3 Å². The molecule has 2 unspecified atom stereocenters. The summed E-state index contributed by atoms with van der Waals surface area (Å²) >= 11 is 0. The molecule has 19 heteroatoms. The second kappa shape index (κ2) is 13.0. The summed E-state index contributed by atoms with van der Waals surface area (Å²) in [5.41, 5.74) is 8.25. The van der Waals surface area contributed by atoms with Crippen LogP contribution in [-0.2, 0) is 38.1 Å². The maximum absolute atomic E-state index is 12.8. The first kappa shape index (κ1) is 35.8. The molecule has 15 atom stereocenters. The summed E-state index contributed by atoms with van der Waals surface area (Å²) in [6.07, 6.45) is -14.9. The van der Waals surface area contributed by atoms with Crippen molar-refractivity contribution in [2.45, 2.75) is 111 Å². The predicted molar refractivity (Wildman–Crippen MR) is 136 cm³/mol. The Balaban J connectivity index is 1.95. The van der Waals surface area contributed by atoms with Crippen molar-refractivity contribution in [1.82, 2.24) is 0 Å². The van der Waals surface area contributed by atoms with E-state index in [1.54, 1.807) is 0 Å². The summed E-state index contributed by atoms with van der Waals surface area (Å²) in [5, 5.41) is 84.2. The van der Waals surface area contributed by atoms with Crippen LogP contribution in [0.4, 0.5) is 0 Å². The lowest BCUT2D eigenvalue weighted by molar-refractivity contribution is -0.371. The van der Waals surface area contributed by atoms with E-state index in [4.69, 9.17) is 40.9 Å². The quantitative estimate of drug-likeness (QED) is 0.107. The number of aliphatic hydroxyl groups is 8. The van der Waals surface area contributed by atoms with Gasteiger partial charge in [-0.25, -0.2) is 0 Å². The Labute approximate surface area is 245 Å². The number of Topliss-reactive ketones (excluding diaryl/α,β-unsaturated/α-hetero) is 3. The minimum atomic E-state index is -3.39. The second-order valence-corrected chi connectivity index (χ2v) is 11.0. The van der Waals surface area contributed by atoms with Crippen molar-refractivity contribution in [1.29, 1.82) is 0 Å². The first-order valence-corrected chi connectivity index (χ1v) is 13.3. The van der Waals surface area contributed by atoms with Crippen LogP contribution >= 0.6 is 0 Å². The molecule has 0 bridgehead atoms. The molecule has 3 heterocycles. The molecule has 3 saturated heterocycles. The molecule has 0 aromatic heterocycles. The van der Waals surface area contributed by atoms with Gasteiger partial charge < -0.3 is 81.7 Å². The van der Waals surface area contributed by atoms with Crippen molar-refractivity contribution in [3.05, 3.63) is 0 Å². The molecule has 3 aliphatic heterocycles. The molecule has 43 heavy (non-hydrogen) atoms. The lowest BCUT2D eigenvalue weighted by Crippen LogP contribution is -2.87. The molecule has 0 spiro atoms. The molecule has 3 rings (SSSR count). The molecule has 14 N–H and O–H groups in total. The van der Waals surface area contributed by atoms with Gasteiger partial charge in [-0.05, 0) is 20.8 Å². The maximum atomic E-state index is 12.8. The smallest absolute Gasteiger partial charge is 0.198 e. The molecule has 248 valence electrons. The van der Waals surface area contributed by atoms with Gasteiger partial charge in [0, 0.05) is 0 Å². The Morgan fingerprint density at radius 3 is 1.67 bits per heavy atom. The fraction of sp³-hybridized carbons (Fsp3) is 0.875. The number of ether oxygens (including phenoxy) is 5. The van der Waals surface area contributed by atoms with Gasteiger partial charge >= 0.3 is 0 Å². The third-order valence-corrected chi connectivity index (χ3v) is 8.47. The van der Waals surface area contributed by atoms with Crippen LogP contribution < -0.4 is 17.2 Å². The van der Waals surface area contributed by atoms with E-state index in [-0.39, 0.29) is 0 Å². The zero-order valence-electron chi connectivity index (χ0n) is 23.6. The van der Waals surface area contributed by atoms with Gasteiger partial charge in [-0.3, -0.25) is 14.4 Å². The van der Waals surface area contributed by atoms with E-state index in [9.17, 15) is 55.2 Å². The molecular weight excluding hydrogens is 586 g/mol. The summed E-state index contributed by atoms with van der Waals surface area (Å²) in [6.45, 7) is -0.775. The number of nitrogens with two attached hydrogens (primary N) is 3. The standard InChI is InChI=1S/C24H41N3O16/c1-7(31)22(6-30)24(38,9(3)33)23(37,8(2)32)18(27)21(43-22)42-17-11(5-29)40-20(13(26)15(17)35)41-16-10(4-28)39-19(36)12(25)14(16)34/h10-21,28-30,34-38H,4-6,25-27H2,1-3H3/t10-,11-,12-,13-,14-,15-,16?,17?,18+,19-,20+,21+,22+,23-,24-/m1/s1. The summed E-state index contributed by atoms with van der Waals surface area (Å²) in [6, 6.07) is -5.06. The average molecular weight is 628 g/mol. The number of aliphatic hydroxyl groups excluding tert-OH is 6. The van der Waals surface area contributed by atoms with Gasteiger partial charge in [-0.2, -0.15) is 0 Å². The van der Waals surface area contributed by atoms with Gasteiger partial charge in [0.05, 0.1) is 37.9 Å². The molecule has 0 aromatic rings. The number of hydrogen-bond acceptors (Lipinski definition) is 19. The van der Waals surface area contributed by atoms with Crippen molar-refractivity contribution < 1.29 is 78.9 Å². The summed E-state index contributed by atoms with van der Waals surface area (Å²) in [4.78, 5) is 38.2. The zero-order chi connectivity index (χ0) is 32.8. The molecule has 0 radical (unpaired) electrons. The second-order valence-electron chi connectivity index (χ2n) is 11.0. The SMILES string of the molecule is CC(=O)[C@@]1(O)[C@](CO)(C(C)=O)O[C@H](OC2[C@@H](CO)O[C@@H](OC3[C@@H](CO)O[C@@H](O)[C@H](N)[C@H]3O)[C@H](N)[C@H]2O)[C@H](N)[C@]1(O)C(C)=O. The third kappa shape index (κ3) is 5.46. The topological polar surface area (TPSA) is 337 Å². The van der Waals surface area contributed by atoms with Crippen LogP contribution in [0.25, 0.3) is 0 Å². The third-order valence-electron chi connectivity index (χ3n) is 8.47. The van der Waals surface area contributed by atoms with E-state index in [2.05, 4.69) is 0 Å². The summed E-state index contributed by atoms with van der Waals surface area (Å²) in [5.74, 6) is -3.85. The normalized spacial score (nSPS) is 49.0. The molecule has 0 saturated carbocycles. The first-order valence-electron chi connectivity index (χ1n) is 13.3. The van der Waals surface area contributed by atoms with Crippen molar-refractivity contribution in [3.63, 3.8) is 0 Å². The Bertz CT molecular complexity index is 1030. The predicted octanol–water partition coefficient (Wildman–Crippen LogP) is -7.80. The van der Waals surface area contributed by atoms with Crippen LogP contribution in [0.15, 0.2) is 0 Å². The van der Waals surface area contributed by atoms with Crippen molar-refractivity contribution in [2.24, 2.45) is 17.2 Å². The molecule has 0 amide bonds. The number of rotatable bonds is 10. The van der Waals surface area contributed by atoms with Gasteiger partial charge in [-0.15, -0.1) is 0 Å². The van der Waals surface area contributed by atoms with Crippen LogP contribution in [0, 0.1) is 0 Å². The molecule has 19 nitrogen and oxygen atoms in total. The maximum Gasteiger partial charge on any atom is 0.198 e. The fourth-order valence-corrected chi connectivity index (χ4v) is 5.82. The highest BCUT2D eigenvalue weighted by Gasteiger charge is 2.77. The highest BCUT2D eigenvalue weighted by Crippen LogP contribution is 2.47. The van der Waals surface area contributed by atoms with Gasteiger partial charge in [0.25, 0.3) is 0 Å². The highest BCUT2D eigenvalue weighted by molar-refractivity contribution is 6.05. The van der Waals surface area contributed by atoms with Crippen LogP contribution in [0.5, 0.6) is 0 Å². The Hall–Kier alpha value is -1.63. The monoisotopic (exact) mass is 627 g/mol. The molecule has 3 aliphatic rings. The largest absolute Gasteiger partial charge is 0.394 e. The summed E-state index contributed by atoms with van der Waals surface area (Å²) < 4.78 is 27.7. The van der Waals surface area contributed by atoms with E-state index in [1.807, 2.05) is 0 Å². The average Bonchev–Trinajstić information content (AvgIpc) is 2.96. The van der Waals surface area contributed by atoms with E-state index in [0.717, 1.165) is 20.8 Å². The van der Waals surface area contributed by atoms with Crippen LogP contribution in [0.3, 0.4) is 0 Å². The Morgan fingerprint density at radius 1 is 0.744 bits per heavy atom. The Kier molecular flexibility index (Phi) is 10.8. The van der Waals surface area contributed by atoms with Gasteiger partial charge in [0.1, 0.15) is 36.6 Å². The number of carbonyl (C=O) groups excluding carboxylic acids is 3. The fourth-order valence-electron chi connectivity index (χ4n) is 5.82. The lowest BCUT2D eigenvalue weighted by Gasteiger charge is -2.58. The van der Waals surface area contributed by atoms with Crippen molar-refractivity contribution in [3.8, 4) is 0 Å². The van der Waals surface area contributed by atoms with E-state index < -0.39 is 128 Å². The molecule has 0 aromatic carbocycles. The van der Waals surface area contributed by atoms with Gasteiger partial charge in [0.2, 0.25) is 0 Å². The van der Waals surface area contributed by atoms with Gasteiger partial charge in [-0.1, -0.05) is 0 Å². The molecular formula is C24H41N3O16. The summed E-state index contributed by atoms with van der Waals surface area (Å²) in [7, 11) is 0. The minimum absolute atomic E-state index is 0.738. The van der Waals surface area contributed by atoms with E-state index in [1.165, 1.54) is 0 Å².